The Morgan fingerprint density at radius 3 is 2.44 bits per heavy atom. The Kier molecular flexibility index (Phi) is 9.64. The molecule has 0 spiro atoms. The van der Waals surface area contributed by atoms with E-state index < -0.39 is 17.7 Å². The maximum atomic E-state index is 13.5. The van der Waals surface area contributed by atoms with Crippen molar-refractivity contribution in [1.82, 2.24) is 9.80 Å². The normalized spacial score (nSPS) is 18.7. The van der Waals surface area contributed by atoms with E-state index in [4.69, 9.17) is 14.2 Å². The highest BCUT2D eigenvalue weighted by molar-refractivity contribution is 6.46. The van der Waals surface area contributed by atoms with Crippen molar-refractivity contribution < 1.29 is 34.0 Å². The number of phenols is 1. The summed E-state index contributed by atoms with van der Waals surface area (Å²) in [7, 11) is 0. The monoisotopic (exact) mass is 586 g/mol. The van der Waals surface area contributed by atoms with Gasteiger partial charge >= 0.3 is 0 Å². The third-order valence-corrected chi connectivity index (χ3v) is 7.80. The number of carbonyl (C=O) groups excluding carboxylic acids is 2. The van der Waals surface area contributed by atoms with Crippen LogP contribution in [0.4, 0.5) is 0 Å². The first-order chi connectivity index (χ1) is 20.9. The van der Waals surface area contributed by atoms with Crippen molar-refractivity contribution >= 4 is 17.4 Å². The number of aryl methyl sites for hydroxylation is 1. The Hall–Kier alpha value is -4.34. The molecule has 2 fully saturated rings. The van der Waals surface area contributed by atoms with Gasteiger partial charge in [-0.25, -0.2) is 0 Å². The summed E-state index contributed by atoms with van der Waals surface area (Å²) in [6.45, 7) is 8.46. The van der Waals surface area contributed by atoms with Gasteiger partial charge < -0.3 is 29.3 Å². The summed E-state index contributed by atoms with van der Waals surface area (Å²) in [6.07, 6.45) is 0.645. The number of likely N-dealkylation sites (tertiary alicyclic amines) is 1. The van der Waals surface area contributed by atoms with Gasteiger partial charge in [-0.15, -0.1) is 0 Å². The fourth-order valence-electron chi connectivity index (χ4n) is 5.57. The standard InChI is InChI=1S/C34H38N2O7/c1-3-42-29-21-25(10-12-27(29)37)31-30(33(39)34(40)36(31)15-7-14-35-16-18-41-19-17-35)32(38)26-11-13-28(23(2)20-26)43-22-24-8-5-4-6-9-24/h4-6,8-13,20-21,31,37-38H,3,7,14-19,22H2,1-2H3. The molecular formula is C34H38N2O7. The van der Waals surface area contributed by atoms with Gasteiger partial charge in [0.2, 0.25) is 0 Å². The average Bonchev–Trinajstić information content (AvgIpc) is 3.27. The predicted octanol–water partition coefficient (Wildman–Crippen LogP) is 4.82. The van der Waals surface area contributed by atoms with Crippen molar-refractivity contribution in [1.29, 1.82) is 0 Å². The first kappa shape index (κ1) is 30.1. The van der Waals surface area contributed by atoms with E-state index in [0.717, 1.165) is 30.8 Å². The SMILES string of the molecule is CCOc1cc(C2C(=C(O)c3ccc(OCc4ccccc4)c(C)c3)C(=O)C(=O)N2CCCN2CCOCC2)ccc1O. The molecule has 9 heteroatoms. The number of ketones is 1. The van der Waals surface area contributed by atoms with Crippen molar-refractivity contribution in [2.24, 2.45) is 0 Å². The number of Topliss-reactive ketones (excluding diaryl/α,β-unsaturated/α-hetero) is 1. The second-order valence-corrected chi connectivity index (χ2v) is 10.7. The van der Waals surface area contributed by atoms with Crippen LogP contribution < -0.4 is 9.47 Å². The smallest absolute Gasteiger partial charge is 0.295 e. The summed E-state index contributed by atoms with van der Waals surface area (Å²) in [4.78, 5) is 30.7. The van der Waals surface area contributed by atoms with Gasteiger partial charge in [0.25, 0.3) is 11.7 Å². The van der Waals surface area contributed by atoms with Crippen molar-refractivity contribution in [3.63, 3.8) is 0 Å². The number of benzene rings is 3. The van der Waals surface area contributed by atoms with E-state index in [0.29, 0.717) is 56.3 Å². The van der Waals surface area contributed by atoms with Crippen molar-refractivity contribution in [2.75, 3.05) is 46.0 Å². The molecule has 2 aliphatic heterocycles. The fraction of sp³-hybridized carbons (Fsp3) is 0.353. The van der Waals surface area contributed by atoms with Gasteiger partial charge in [-0.05, 0) is 67.3 Å². The Labute approximate surface area is 251 Å². The Balaban J connectivity index is 1.46. The molecule has 2 heterocycles. The molecule has 1 amide bonds. The highest BCUT2D eigenvalue weighted by Gasteiger charge is 2.46. The second-order valence-electron chi connectivity index (χ2n) is 10.7. The molecule has 0 aromatic heterocycles. The maximum absolute atomic E-state index is 13.5. The van der Waals surface area contributed by atoms with E-state index in [2.05, 4.69) is 4.90 Å². The minimum atomic E-state index is -0.848. The van der Waals surface area contributed by atoms with Crippen LogP contribution in [0.15, 0.2) is 72.3 Å². The molecule has 0 saturated carbocycles. The van der Waals surface area contributed by atoms with E-state index in [-0.39, 0.29) is 22.8 Å². The second kappa shape index (κ2) is 13.8. The van der Waals surface area contributed by atoms with Crippen LogP contribution in [0, 0.1) is 6.92 Å². The molecule has 3 aromatic rings. The zero-order chi connectivity index (χ0) is 30.3. The molecule has 2 aliphatic rings. The van der Waals surface area contributed by atoms with Crippen LogP contribution in [-0.2, 0) is 20.9 Å². The maximum Gasteiger partial charge on any atom is 0.295 e. The number of aromatic hydroxyl groups is 1. The molecule has 2 saturated heterocycles. The van der Waals surface area contributed by atoms with Gasteiger partial charge in [0.1, 0.15) is 18.1 Å². The molecular weight excluding hydrogens is 548 g/mol. The number of aliphatic hydroxyl groups excluding tert-OH is 1. The third kappa shape index (κ3) is 6.84. The molecule has 3 aromatic carbocycles. The van der Waals surface area contributed by atoms with Gasteiger partial charge in [-0.2, -0.15) is 0 Å². The van der Waals surface area contributed by atoms with Crippen LogP contribution in [0.2, 0.25) is 0 Å². The van der Waals surface area contributed by atoms with Crippen LogP contribution in [0.1, 0.15) is 41.6 Å². The Morgan fingerprint density at radius 2 is 1.72 bits per heavy atom. The van der Waals surface area contributed by atoms with E-state index in [9.17, 15) is 19.8 Å². The van der Waals surface area contributed by atoms with Crippen molar-refractivity contribution in [2.45, 2.75) is 32.9 Å². The summed E-state index contributed by atoms with van der Waals surface area (Å²) >= 11 is 0. The summed E-state index contributed by atoms with van der Waals surface area (Å²) in [5, 5.41) is 21.9. The molecule has 43 heavy (non-hydrogen) atoms. The topological polar surface area (TPSA) is 109 Å². The van der Waals surface area contributed by atoms with E-state index in [1.54, 1.807) is 37.3 Å². The van der Waals surface area contributed by atoms with Crippen LogP contribution in [-0.4, -0.2) is 77.7 Å². The number of amides is 1. The van der Waals surface area contributed by atoms with Crippen molar-refractivity contribution in [3.05, 3.63) is 94.6 Å². The summed E-state index contributed by atoms with van der Waals surface area (Å²) in [5.41, 5.74) is 2.78. The van der Waals surface area contributed by atoms with Gasteiger partial charge in [0.05, 0.1) is 31.4 Å². The number of hydrogen-bond donors (Lipinski definition) is 2. The van der Waals surface area contributed by atoms with Gasteiger partial charge in [-0.1, -0.05) is 36.4 Å². The molecule has 1 unspecified atom stereocenters. The first-order valence-electron chi connectivity index (χ1n) is 14.7. The Bertz CT molecular complexity index is 1480. The van der Waals surface area contributed by atoms with Gasteiger partial charge in [0, 0.05) is 31.7 Å². The number of aliphatic hydroxyl groups is 1. The zero-order valence-electron chi connectivity index (χ0n) is 24.6. The van der Waals surface area contributed by atoms with E-state index >= 15 is 0 Å². The minimum Gasteiger partial charge on any atom is -0.507 e. The summed E-state index contributed by atoms with van der Waals surface area (Å²) in [6, 6.07) is 18.9. The number of rotatable bonds is 11. The van der Waals surface area contributed by atoms with Crippen LogP contribution in [0.3, 0.4) is 0 Å². The predicted molar refractivity (Wildman–Crippen MR) is 162 cm³/mol. The quantitative estimate of drug-likeness (QED) is 0.187. The van der Waals surface area contributed by atoms with E-state index in [1.165, 1.54) is 11.0 Å². The Morgan fingerprint density at radius 1 is 0.953 bits per heavy atom. The third-order valence-electron chi connectivity index (χ3n) is 7.80. The average molecular weight is 587 g/mol. The zero-order valence-corrected chi connectivity index (χ0v) is 24.6. The lowest BCUT2D eigenvalue weighted by Crippen LogP contribution is -2.38. The first-order valence-corrected chi connectivity index (χ1v) is 14.7. The number of hydrogen-bond acceptors (Lipinski definition) is 8. The highest BCUT2D eigenvalue weighted by atomic mass is 16.5. The lowest BCUT2D eigenvalue weighted by atomic mass is 9.94. The molecule has 2 N–H and O–H groups in total. The molecule has 9 nitrogen and oxygen atoms in total. The number of phenolic OH excluding ortho intramolecular Hbond substituents is 1. The molecule has 0 radical (unpaired) electrons. The lowest BCUT2D eigenvalue weighted by molar-refractivity contribution is -0.140. The number of ether oxygens (including phenoxy) is 3. The largest absolute Gasteiger partial charge is 0.507 e. The molecule has 0 aliphatic carbocycles. The molecule has 226 valence electrons. The minimum absolute atomic E-state index is 0.00173. The fourth-order valence-corrected chi connectivity index (χ4v) is 5.57. The lowest BCUT2D eigenvalue weighted by Gasteiger charge is -2.29. The van der Waals surface area contributed by atoms with Gasteiger partial charge in [0.15, 0.2) is 11.5 Å². The van der Waals surface area contributed by atoms with Gasteiger partial charge in [-0.3, -0.25) is 14.5 Å². The number of nitrogens with zero attached hydrogens (tertiary/aromatic N) is 2. The van der Waals surface area contributed by atoms with Crippen LogP contribution in [0.5, 0.6) is 17.2 Å². The van der Waals surface area contributed by atoms with Crippen LogP contribution >= 0.6 is 0 Å². The molecule has 1 atom stereocenters. The van der Waals surface area contributed by atoms with Crippen LogP contribution in [0.25, 0.3) is 5.76 Å². The van der Waals surface area contributed by atoms with E-state index in [1.807, 2.05) is 37.3 Å². The highest BCUT2D eigenvalue weighted by Crippen LogP contribution is 2.42. The summed E-state index contributed by atoms with van der Waals surface area (Å²) in [5.74, 6) is -0.824. The number of morpholine rings is 1. The van der Waals surface area contributed by atoms with Crippen molar-refractivity contribution in [3.8, 4) is 17.2 Å². The number of carbonyl (C=O) groups is 2. The summed E-state index contributed by atoms with van der Waals surface area (Å²) < 4.78 is 17.0. The molecule has 0 bridgehead atoms. The molecule has 5 rings (SSSR count).